The van der Waals surface area contributed by atoms with Crippen molar-refractivity contribution >= 4 is 24.0 Å². The molecule has 13 heavy (non-hydrogen) atoms. The van der Waals surface area contributed by atoms with Gasteiger partial charge in [0.25, 0.3) is 0 Å². The Morgan fingerprint density at radius 3 is 2.54 bits per heavy atom. The van der Waals surface area contributed by atoms with E-state index in [2.05, 4.69) is 6.92 Å². The summed E-state index contributed by atoms with van der Waals surface area (Å²) in [5.74, 6) is 0. The van der Waals surface area contributed by atoms with E-state index in [1.807, 2.05) is 24.3 Å². The van der Waals surface area contributed by atoms with Crippen LogP contribution in [-0.2, 0) is 0 Å². The third kappa shape index (κ3) is 3.55. The van der Waals surface area contributed by atoms with Gasteiger partial charge in [0, 0.05) is 11.1 Å². The molecule has 2 N–H and O–H groups in total. The van der Waals surface area contributed by atoms with Crippen molar-refractivity contribution in [2.75, 3.05) is 0 Å². The molecule has 1 aromatic carbocycles. The molecular weight excluding hydrogens is 205 g/mol. The van der Waals surface area contributed by atoms with E-state index in [4.69, 9.17) is 17.3 Å². The first-order valence-corrected chi connectivity index (χ1v) is 4.63. The monoisotopic (exact) mass is 219 g/mol. The maximum Gasteiger partial charge on any atom is 0.0453 e. The van der Waals surface area contributed by atoms with Crippen molar-refractivity contribution in [2.45, 2.75) is 25.8 Å². The van der Waals surface area contributed by atoms with E-state index >= 15 is 0 Å². The fourth-order valence-electron chi connectivity index (χ4n) is 1.24. The van der Waals surface area contributed by atoms with Gasteiger partial charge >= 0.3 is 0 Å². The van der Waals surface area contributed by atoms with Gasteiger partial charge in [-0.1, -0.05) is 43.1 Å². The van der Waals surface area contributed by atoms with Crippen LogP contribution in [0.2, 0.25) is 5.02 Å². The fraction of sp³-hybridized carbons (Fsp3) is 0.400. The Labute approximate surface area is 90.7 Å². The molecule has 0 spiro atoms. The third-order valence-electron chi connectivity index (χ3n) is 1.90. The van der Waals surface area contributed by atoms with Crippen LogP contribution >= 0.6 is 24.0 Å². The minimum Gasteiger partial charge on any atom is -0.324 e. The molecule has 0 bridgehead atoms. The highest BCUT2D eigenvalue weighted by atomic mass is 35.5. The second-order valence-electron chi connectivity index (χ2n) is 2.92. The molecule has 1 rings (SSSR count). The van der Waals surface area contributed by atoms with Crippen molar-refractivity contribution in [3.8, 4) is 0 Å². The Hall–Kier alpha value is -0.240. The first kappa shape index (κ1) is 12.8. The van der Waals surface area contributed by atoms with Crippen molar-refractivity contribution in [1.82, 2.24) is 0 Å². The lowest BCUT2D eigenvalue weighted by Crippen LogP contribution is -2.09. The molecule has 0 aliphatic heterocycles. The van der Waals surface area contributed by atoms with Gasteiger partial charge < -0.3 is 5.73 Å². The largest absolute Gasteiger partial charge is 0.324 e. The SMILES string of the molecule is CCC[C@@H](N)c1ccccc1Cl.Cl. The molecule has 0 fully saturated rings. The Morgan fingerprint density at radius 2 is 2.00 bits per heavy atom. The second-order valence-corrected chi connectivity index (χ2v) is 3.32. The Kier molecular flexibility index (Phi) is 6.13. The molecule has 74 valence electrons. The normalized spacial score (nSPS) is 11.9. The van der Waals surface area contributed by atoms with Crippen LogP contribution in [0.25, 0.3) is 0 Å². The maximum atomic E-state index is 5.97. The number of hydrogen-bond acceptors (Lipinski definition) is 1. The molecule has 1 aromatic rings. The van der Waals surface area contributed by atoms with Gasteiger partial charge in [0.2, 0.25) is 0 Å². The molecular formula is C10H15Cl2N. The summed E-state index contributed by atoms with van der Waals surface area (Å²) < 4.78 is 0. The topological polar surface area (TPSA) is 26.0 Å². The van der Waals surface area contributed by atoms with Gasteiger partial charge in [-0.05, 0) is 18.1 Å². The van der Waals surface area contributed by atoms with E-state index < -0.39 is 0 Å². The lowest BCUT2D eigenvalue weighted by atomic mass is 10.0. The minimum atomic E-state index is 0. The van der Waals surface area contributed by atoms with Gasteiger partial charge in [-0.15, -0.1) is 12.4 Å². The molecule has 0 aliphatic carbocycles. The first-order chi connectivity index (χ1) is 5.75. The van der Waals surface area contributed by atoms with Gasteiger partial charge in [-0.2, -0.15) is 0 Å². The zero-order valence-electron chi connectivity index (χ0n) is 7.66. The van der Waals surface area contributed by atoms with Gasteiger partial charge in [-0.25, -0.2) is 0 Å². The highest BCUT2D eigenvalue weighted by Gasteiger charge is 2.07. The van der Waals surface area contributed by atoms with Crippen LogP contribution in [0.15, 0.2) is 24.3 Å². The lowest BCUT2D eigenvalue weighted by Gasteiger charge is -2.11. The molecule has 0 unspecified atom stereocenters. The van der Waals surface area contributed by atoms with Crippen molar-refractivity contribution in [3.63, 3.8) is 0 Å². The number of nitrogens with two attached hydrogens (primary N) is 1. The summed E-state index contributed by atoms with van der Waals surface area (Å²) in [5, 5.41) is 0.776. The average molecular weight is 220 g/mol. The van der Waals surface area contributed by atoms with Gasteiger partial charge in [0.05, 0.1) is 0 Å². The van der Waals surface area contributed by atoms with Crippen molar-refractivity contribution in [3.05, 3.63) is 34.9 Å². The molecule has 1 nitrogen and oxygen atoms in total. The summed E-state index contributed by atoms with van der Waals surface area (Å²) in [6, 6.07) is 7.85. The summed E-state index contributed by atoms with van der Waals surface area (Å²) in [5.41, 5.74) is 6.98. The third-order valence-corrected chi connectivity index (χ3v) is 2.25. The Balaban J connectivity index is 0.00000144. The summed E-state index contributed by atoms with van der Waals surface area (Å²) in [6.07, 6.45) is 2.08. The lowest BCUT2D eigenvalue weighted by molar-refractivity contribution is 0.638. The Bertz CT molecular complexity index is 250. The molecule has 0 saturated carbocycles. The average Bonchev–Trinajstić information content (AvgIpc) is 2.05. The smallest absolute Gasteiger partial charge is 0.0453 e. The molecule has 0 aliphatic rings. The molecule has 0 saturated heterocycles. The van der Waals surface area contributed by atoms with E-state index in [0.29, 0.717) is 0 Å². The highest BCUT2D eigenvalue weighted by Crippen LogP contribution is 2.23. The van der Waals surface area contributed by atoms with E-state index in [-0.39, 0.29) is 18.4 Å². The Morgan fingerprint density at radius 1 is 1.38 bits per heavy atom. The maximum absolute atomic E-state index is 5.97. The summed E-state index contributed by atoms with van der Waals surface area (Å²) in [6.45, 7) is 2.12. The number of halogens is 2. The highest BCUT2D eigenvalue weighted by molar-refractivity contribution is 6.31. The summed E-state index contributed by atoms with van der Waals surface area (Å²) in [7, 11) is 0. The molecule has 0 amide bonds. The second kappa shape index (κ2) is 6.25. The predicted octanol–water partition coefficient (Wildman–Crippen LogP) is 3.56. The van der Waals surface area contributed by atoms with Gasteiger partial charge in [0.1, 0.15) is 0 Å². The standard InChI is InChI=1S/C10H14ClN.ClH/c1-2-5-10(12)8-6-3-4-7-9(8)11;/h3-4,6-7,10H,2,5,12H2,1H3;1H/t10-;/m1./s1. The zero-order chi connectivity index (χ0) is 8.97. The first-order valence-electron chi connectivity index (χ1n) is 4.25. The number of benzene rings is 1. The van der Waals surface area contributed by atoms with Crippen LogP contribution < -0.4 is 5.73 Å². The van der Waals surface area contributed by atoms with Crippen LogP contribution in [0.4, 0.5) is 0 Å². The van der Waals surface area contributed by atoms with E-state index in [1.165, 1.54) is 0 Å². The van der Waals surface area contributed by atoms with Crippen LogP contribution in [0, 0.1) is 0 Å². The fourth-order valence-corrected chi connectivity index (χ4v) is 1.52. The molecule has 1 atom stereocenters. The van der Waals surface area contributed by atoms with Crippen molar-refractivity contribution in [1.29, 1.82) is 0 Å². The van der Waals surface area contributed by atoms with Gasteiger partial charge in [-0.3, -0.25) is 0 Å². The quantitative estimate of drug-likeness (QED) is 0.827. The minimum absolute atomic E-state index is 0. The number of rotatable bonds is 3. The van der Waals surface area contributed by atoms with E-state index in [9.17, 15) is 0 Å². The van der Waals surface area contributed by atoms with Crippen LogP contribution in [0.1, 0.15) is 31.4 Å². The van der Waals surface area contributed by atoms with Crippen LogP contribution in [0.5, 0.6) is 0 Å². The van der Waals surface area contributed by atoms with E-state index in [0.717, 1.165) is 23.4 Å². The number of hydrogen-bond donors (Lipinski definition) is 1. The molecule has 0 heterocycles. The summed E-state index contributed by atoms with van der Waals surface area (Å²) in [4.78, 5) is 0. The molecule has 3 heteroatoms. The van der Waals surface area contributed by atoms with Crippen molar-refractivity contribution < 1.29 is 0 Å². The van der Waals surface area contributed by atoms with Crippen molar-refractivity contribution in [2.24, 2.45) is 5.73 Å². The molecule has 0 aromatic heterocycles. The predicted molar refractivity (Wildman–Crippen MR) is 60.5 cm³/mol. The van der Waals surface area contributed by atoms with Gasteiger partial charge in [0.15, 0.2) is 0 Å². The summed E-state index contributed by atoms with van der Waals surface area (Å²) >= 11 is 5.97. The molecule has 0 radical (unpaired) electrons. The zero-order valence-corrected chi connectivity index (χ0v) is 9.24. The van der Waals surface area contributed by atoms with Crippen LogP contribution in [-0.4, -0.2) is 0 Å². The van der Waals surface area contributed by atoms with E-state index in [1.54, 1.807) is 0 Å². The van der Waals surface area contributed by atoms with Crippen LogP contribution in [0.3, 0.4) is 0 Å².